The van der Waals surface area contributed by atoms with Gasteiger partial charge in [0.2, 0.25) is 0 Å². The predicted molar refractivity (Wildman–Crippen MR) is 69.2 cm³/mol. The van der Waals surface area contributed by atoms with E-state index in [0.29, 0.717) is 18.0 Å². The van der Waals surface area contributed by atoms with Gasteiger partial charge in [0.05, 0.1) is 16.9 Å². The van der Waals surface area contributed by atoms with Crippen molar-refractivity contribution in [3.63, 3.8) is 0 Å². The van der Waals surface area contributed by atoms with Crippen molar-refractivity contribution in [2.45, 2.75) is 52.1 Å². The lowest BCUT2D eigenvalue weighted by atomic mass is 9.99. The van der Waals surface area contributed by atoms with E-state index >= 15 is 0 Å². The van der Waals surface area contributed by atoms with E-state index in [1.54, 1.807) is 6.20 Å². The summed E-state index contributed by atoms with van der Waals surface area (Å²) in [6.45, 7) is 8.64. The number of nitrogens with one attached hydrogen (secondary N) is 1. The van der Waals surface area contributed by atoms with Crippen LogP contribution in [-0.2, 0) is 0 Å². The maximum atomic E-state index is 6.21. The molecule has 0 bridgehead atoms. The van der Waals surface area contributed by atoms with Crippen LogP contribution >= 0.6 is 11.6 Å². The number of hydrogen-bond donors (Lipinski definition) is 1. The van der Waals surface area contributed by atoms with Crippen LogP contribution in [0.2, 0.25) is 5.02 Å². The summed E-state index contributed by atoms with van der Waals surface area (Å²) in [6.07, 6.45) is 2.81. The van der Waals surface area contributed by atoms with E-state index < -0.39 is 0 Å². The van der Waals surface area contributed by atoms with Crippen molar-refractivity contribution in [1.29, 1.82) is 0 Å². The lowest BCUT2D eigenvalue weighted by Gasteiger charge is -2.20. The molecule has 2 unspecified atom stereocenters. The molecule has 1 rings (SSSR count). The van der Waals surface area contributed by atoms with Crippen LogP contribution in [0.3, 0.4) is 0 Å². The number of nitrogens with zero attached hydrogens (tertiary/aromatic N) is 2. The first-order valence-electron chi connectivity index (χ1n) is 5.87. The molecule has 0 amide bonds. The van der Waals surface area contributed by atoms with Gasteiger partial charge < -0.3 is 5.32 Å². The van der Waals surface area contributed by atoms with Gasteiger partial charge in [-0.25, -0.2) is 0 Å². The molecule has 1 heterocycles. The van der Waals surface area contributed by atoms with Crippen LogP contribution in [0.1, 0.15) is 51.8 Å². The second kappa shape index (κ2) is 5.69. The van der Waals surface area contributed by atoms with Crippen LogP contribution in [0.25, 0.3) is 0 Å². The molecule has 3 nitrogen and oxygen atoms in total. The normalized spacial score (nSPS) is 15.4. The van der Waals surface area contributed by atoms with Gasteiger partial charge in [0.25, 0.3) is 0 Å². The predicted octanol–water partition coefficient (Wildman–Crippen LogP) is 3.22. The third-order valence-corrected chi connectivity index (χ3v) is 3.23. The van der Waals surface area contributed by atoms with E-state index in [1.165, 1.54) is 0 Å². The molecule has 1 aromatic heterocycles. The quantitative estimate of drug-likeness (QED) is 0.861. The van der Waals surface area contributed by atoms with Crippen LogP contribution in [0, 0.1) is 0 Å². The summed E-state index contributed by atoms with van der Waals surface area (Å²) in [5, 5.41) is 8.37. The molecule has 0 fully saturated rings. The highest BCUT2D eigenvalue weighted by Gasteiger charge is 2.19. The van der Waals surface area contributed by atoms with E-state index in [0.717, 1.165) is 17.1 Å². The van der Waals surface area contributed by atoms with Crippen LogP contribution in [0.15, 0.2) is 6.20 Å². The fraction of sp³-hybridized carbons (Fsp3) is 0.750. The minimum absolute atomic E-state index is 0.356. The average Bonchev–Trinajstić information content (AvgIpc) is 2.59. The Balaban J connectivity index is 2.89. The summed E-state index contributed by atoms with van der Waals surface area (Å²) in [6, 6.07) is 0.844. The van der Waals surface area contributed by atoms with Crippen LogP contribution in [0.5, 0.6) is 0 Å². The van der Waals surface area contributed by atoms with Crippen molar-refractivity contribution >= 4 is 11.6 Å². The summed E-state index contributed by atoms with van der Waals surface area (Å²) < 4.78 is 2.02. The highest BCUT2D eigenvalue weighted by Crippen LogP contribution is 2.29. The Kier molecular flexibility index (Phi) is 4.81. The van der Waals surface area contributed by atoms with Gasteiger partial charge in [0.15, 0.2) is 0 Å². The lowest BCUT2D eigenvalue weighted by Crippen LogP contribution is -2.24. The Labute approximate surface area is 103 Å². The molecule has 1 aromatic rings. The number of aromatic nitrogens is 2. The molecule has 0 aliphatic heterocycles. The monoisotopic (exact) mass is 243 g/mol. The molecule has 0 spiro atoms. The van der Waals surface area contributed by atoms with Crippen LogP contribution < -0.4 is 5.32 Å². The Bertz CT molecular complexity index is 333. The van der Waals surface area contributed by atoms with Gasteiger partial charge in [0, 0.05) is 18.0 Å². The van der Waals surface area contributed by atoms with Crippen LogP contribution in [-0.4, -0.2) is 22.9 Å². The molecule has 2 atom stereocenters. The van der Waals surface area contributed by atoms with Gasteiger partial charge in [-0.3, -0.25) is 4.68 Å². The molecule has 0 saturated carbocycles. The first kappa shape index (κ1) is 13.5. The van der Waals surface area contributed by atoms with Gasteiger partial charge in [-0.15, -0.1) is 0 Å². The van der Waals surface area contributed by atoms with E-state index in [-0.39, 0.29) is 0 Å². The van der Waals surface area contributed by atoms with Crippen molar-refractivity contribution in [3.8, 4) is 0 Å². The van der Waals surface area contributed by atoms with E-state index in [4.69, 9.17) is 11.6 Å². The molecular formula is C12H22ClN3. The van der Waals surface area contributed by atoms with Crippen molar-refractivity contribution < 1.29 is 0 Å². The summed E-state index contributed by atoms with van der Waals surface area (Å²) in [5.74, 6) is 0.417. The zero-order valence-corrected chi connectivity index (χ0v) is 11.5. The van der Waals surface area contributed by atoms with Gasteiger partial charge in [0.1, 0.15) is 0 Å². The second-order valence-electron chi connectivity index (χ2n) is 4.74. The maximum Gasteiger partial charge on any atom is 0.0820 e. The zero-order valence-electron chi connectivity index (χ0n) is 10.8. The molecule has 1 N–H and O–H groups in total. The fourth-order valence-electron chi connectivity index (χ4n) is 1.98. The topological polar surface area (TPSA) is 29.9 Å². The molecule has 4 heteroatoms. The summed E-state index contributed by atoms with van der Waals surface area (Å²) in [5.41, 5.74) is 1.15. The van der Waals surface area contributed by atoms with Gasteiger partial charge in [-0.2, -0.15) is 5.10 Å². The van der Waals surface area contributed by atoms with E-state index in [9.17, 15) is 0 Å². The van der Waals surface area contributed by atoms with Crippen molar-refractivity contribution in [3.05, 3.63) is 16.9 Å². The third-order valence-electron chi connectivity index (χ3n) is 2.94. The molecule has 0 aliphatic carbocycles. The zero-order chi connectivity index (χ0) is 12.3. The number of rotatable bonds is 5. The SMILES string of the molecule is CNC(C)CC(C)c1c(Cl)cnn1C(C)C. The maximum absolute atomic E-state index is 6.21. The molecule has 16 heavy (non-hydrogen) atoms. The fourth-order valence-corrected chi connectivity index (χ4v) is 2.30. The lowest BCUT2D eigenvalue weighted by molar-refractivity contribution is 0.454. The van der Waals surface area contributed by atoms with Crippen LogP contribution in [0.4, 0.5) is 0 Å². The second-order valence-corrected chi connectivity index (χ2v) is 5.15. The van der Waals surface area contributed by atoms with E-state index in [1.807, 2.05) is 11.7 Å². The Hall–Kier alpha value is -0.540. The summed E-state index contributed by atoms with van der Waals surface area (Å²) >= 11 is 6.21. The standard InChI is InChI=1S/C12H22ClN3/c1-8(2)16-12(11(13)7-15-16)9(3)6-10(4)14-5/h7-10,14H,6H2,1-5H3. The molecule has 0 aliphatic rings. The first-order chi connectivity index (χ1) is 7.47. The van der Waals surface area contributed by atoms with Gasteiger partial charge >= 0.3 is 0 Å². The van der Waals surface area contributed by atoms with E-state index in [2.05, 4.69) is 38.1 Å². The molecule has 0 radical (unpaired) electrons. The average molecular weight is 244 g/mol. The van der Waals surface area contributed by atoms with Crippen molar-refractivity contribution in [2.75, 3.05) is 7.05 Å². The first-order valence-corrected chi connectivity index (χ1v) is 6.25. The minimum Gasteiger partial charge on any atom is -0.317 e. The van der Waals surface area contributed by atoms with Gasteiger partial charge in [-0.05, 0) is 34.2 Å². The summed E-state index contributed by atoms with van der Waals surface area (Å²) in [4.78, 5) is 0. The third kappa shape index (κ3) is 2.98. The minimum atomic E-state index is 0.356. The largest absolute Gasteiger partial charge is 0.317 e. The molecular weight excluding hydrogens is 222 g/mol. The number of halogens is 1. The smallest absolute Gasteiger partial charge is 0.0820 e. The Morgan fingerprint density at radius 2 is 2.00 bits per heavy atom. The van der Waals surface area contributed by atoms with Crippen molar-refractivity contribution in [2.24, 2.45) is 0 Å². The molecule has 0 aromatic carbocycles. The van der Waals surface area contributed by atoms with Gasteiger partial charge in [-0.1, -0.05) is 18.5 Å². The Morgan fingerprint density at radius 3 is 2.50 bits per heavy atom. The molecule has 0 saturated heterocycles. The highest BCUT2D eigenvalue weighted by molar-refractivity contribution is 6.31. The highest BCUT2D eigenvalue weighted by atomic mass is 35.5. The number of hydrogen-bond acceptors (Lipinski definition) is 2. The summed E-state index contributed by atoms with van der Waals surface area (Å²) in [7, 11) is 1.98. The molecule has 92 valence electrons. The Morgan fingerprint density at radius 1 is 1.38 bits per heavy atom. The van der Waals surface area contributed by atoms with Crippen molar-refractivity contribution in [1.82, 2.24) is 15.1 Å².